The van der Waals surface area contributed by atoms with Crippen LogP contribution in [0.15, 0.2) is 42.5 Å². The molecule has 0 spiro atoms. The predicted octanol–water partition coefficient (Wildman–Crippen LogP) is 3.81. The van der Waals surface area contributed by atoms with Crippen LogP contribution in [0.4, 0.5) is 4.39 Å². The number of rotatable bonds is 6. The van der Waals surface area contributed by atoms with E-state index < -0.39 is 5.41 Å². The number of carbonyl (C=O) groups excluding carboxylic acids is 1. The summed E-state index contributed by atoms with van der Waals surface area (Å²) < 4.78 is 20.0. The summed E-state index contributed by atoms with van der Waals surface area (Å²) in [6, 6.07) is 12.9. The summed E-state index contributed by atoms with van der Waals surface area (Å²) in [5, 5.41) is 3.05. The van der Waals surface area contributed by atoms with E-state index in [1.807, 2.05) is 37.3 Å². The van der Waals surface area contributed by atoms with Gasteiger partial charge < -0.3 is 15.0 Å². The van der Waals surface area contributed by atoms with Gasteiger partial charge in [0.1, 0.15) is 11.6 Å². The first-order valence-electron chi connectivity index (χ1n) is 10.1. The van der Waals surface area contributed by atoms with Crippen molar-refractivity contribution in [2.24, 2.45) is 0 Å². The largest absolute Gasteiger partial charge is 0.381 e. The van der Waals surface area contributed by atoms with E-state index in [-0.39, 0.29) is 11.7 Å². The SMILES string of the molecule is Cc1nc2ccc(CCC(=O)NCC3(c4ccccc4F)CCOCC3)cc2[nH]1. The lowest BCUT2D eigenvalue weighted by Crippen LogP contribution is -2.45. The first-order valence-corrected chi connectivity index (χ1v) is 10.1. The summed E-state index contributed by atoms with van der Waals surface area (Å²) in [6.07, 6.45) is 2.44. The van der Waals surface area contributed by atoms with E-state index in [9.17, 15) is 9.18 Å². The molecule has 1 amide bonds. The Hall–Kier alpha value is -2.73. The maximum atomic E-state index is 14.5. The van der Waals surface area contributed by atoms with E-state index in [1.165, 1.54) is 6.07 Å². The summed E-state index contributed by atoms with van der Waals surface area (Å²) >= 11 is 0. The highest BCUT2D eigenvalue weighted by Crippen LogP contribution is 2.35. The number of nitrogens with zero attached hydrogens (tertiary/aromatic N) is 1. The molecule has 0 atom stereocenters. The summed E-state index contributed by atoms with van der Waals surface area (Å²) in [5.74, 6) is 0.643. The van der Waals surface area contributed by atoms with Crippen molar-refractivity contribution >= 4 is 16.9 Å². The number of imidazole rings is 1. The molecular formula is C23H26FN3O2. The van der Waals surface area contributed by atoms with Crippen molar-refractivity contribution < 1.29 is 13.9 Å². The zero-order chi connectivity index (χ0) is 20.3. The molecule has 2 aromatic carbocycles. The Bertz CT molecular complexity index is 1010. The van der Waals surface area contributed by atoms with Crippen molar-refractivity contribution in [3.05, 3.63) is 65.2 Å². The number of hydrogen-bond donors (Lipinski definition) is 2. The van der Waals surface area contributed by atoms with Crippen molar-refractivity contribution in [2.45, 2.75) is 38.0 Å². The molecule has 0 unspecified atom stereocenters. The van der Waals surface area contributed by atoms with E-state index in [0.717, 1.165) is 22.4 Å². The molecule has 0 radical (unpaired) electrons. The Kier molecular flexibility index (Phi) is 5.62. The van der Waals surface area contributed by atoms with E-state index in [4.69, 9.17) is 4.74 Å². The molecule has 3 aromatic rings. The zero-order valence-corrected chi connectivity index (χ0v) is 16.6. The number of ether oxygens (including phenoxy) is 1. The molecule has 5 nitrogen and oxygen atoms in total. The zero-order valence-electron chi connectivity index (χ0n) is 16.6. The third-order valence-corrected chi connectivity index (χ3v) is 5.82. The number of halogens is 1. The topological polar surface area (TPSA) is 67.0 Å². The van der Waals surface area contributed by atoms with Gasteiger partial charge in [0.05, 0.1) is 11.0 Å². The van der Waals surface area contributed by atoms with Crippen LogP contribution >= 0.6 is 0 Å². The number of aryl methyl sites for hydroxylation is 2. The van der Waals surface area contributed by atoms with Gasteiger partial charge in [-0.25, -0.2) is 9.37 Å². The van der Waals surface area contributed by atoms with Gasteiger partial charge in [0, 0.05) is 31.6 Å². The molecule has 1 saturated heterocycles. The molecule has 2 heterocycles. The number of carbonyl (C=O) groups is 1. The van der Waals surface area contributed by atoms with Crippen molar-refractivity contribution in [2.75, 3.05) is 19.8 Å². The molecule has 1 aliphatic rings. The quantitative estimate of drug-likeness (QED) is 0.667. The maximum absolute atomic E-state index is 14.5. The molecule has 2 N–H and O–H groups in total. The van der Waals surface area contributed by atoms with Crippen molar-refractivity contribution in [1.82, 2.24) is 15.3 Å². The number of H-pyrrole nitrogens is 1. The van der Waals surface area contributed by atoms with E-state index in [0.29, 0.717) is 51.0 Å². The Morgan fingerprint density at radius 3 is 2.83 bits per heavy atom. The van der Waals surface area contributed by atoms with Gasteiger partial charge in [0.15, 0.2) is 0 Å². The van der Waals surface area contributed by atoms with E-state index in [1.54, 1.807) is 6.07 Å². The first kappa shape index (κ1) is 19.6. The van der Waals surface area contributed by atoms with E-state index >= 15 is 0 Å². The number of amides is 1. The summed E-state index contributed by atoms with van der Waals surface area (Å²) in [4.78, 5) is 20.2. The number of aromatic amines is 1. The molecule has 1 aliphatic heterocycles. The third kappa shape index (κ3) is 4.32. The monoisotopic (exact) mass is 395 g/mol. The minimum Gasteiger partial charge on any atom is -0.381 e. The number of fused-ring (bicyclic) bond motifs is 1. The fraction of sp³-hybridized carbons (Fsp3) is 0.391. The highest BCUT2D eigenvalue weighted by Gasteiger charge is 2.36. The van der Waals surface area contributed by atoms with Crippen LogP contribution in [0.1, 0.15) is 36.2 Å². The average molecular weight is 395 g/mol. The minimum absolute atomic E-state index is 0.0203. The molecule has 29 heavy (non-hydrogen) atoms. The van der Waals surface area contributed by atoms with Gasteiger partial charge in [0.2, 0.25) is 5.91 Å². The van der Waals surface area contributed by atoms with Crippen LogP contribution in [-0.2, 0) is 21.4 Å². The lowest BCUT2D eigenvalue weighted by Gasteiger charge is -2.38. The van der Waals surface area contributed by atoms with Gasteiger partial charge in [-0.15, -0.1) is 0 Å². The fourth-order valence-corrected chi connectivity index (χ4v) is 4.15. The smallest absolute Gasteiger partial charge is 0.220 e. The Balaban J connectivity index is 1.39. The Morgan fingerprint density at radius 1 is 1.24 bits per heavy atom. The lowest BCUT2D eigenvalue weighted by atomic mass is 9.74. The second-order valence-electron chi connectivity index (χ2n) is 7.82. The van der Waals surface area contributed by atoms with Crippen molar-refractivity contribution in [3.63, 3.8) is 0 Å². The molecule has 152 valence electrons. The lowest BCUT2D eigenvalue weighted by molar-refractivity contribution is -0.121. The van der Waals surface area contributed by atoms with Crippen molar-refractivity contribution in [3.8, 4) is 0 Å². The summed E-state index contributed by atoms with van der Waals surface area (Å²) in [6.45, 7) is 3.51. The minimum atomic E-state index is -0.411. The van der Waals surface area contributed by atoms with Crippen LogP contribution in [0.3, 0.4) is 0 Å². The molecule has 0 saturated carbocycles. The number of nitrogens with one attached hydrogen (secondary N) is 2. The number of aromatic nitrogens is 2. The maximum Gasteiger partial charge on any atom is 0.220 e. The van der Waals surface area contributed by atoms with Gasteiger partial charge in [0.25, 0.3) is 0 Å². The van der Waals surface area contributed by atoms with Crippen molar-refractivity contribution in [1.29, 1.82) is 0 Å². The Labute approximate surface area is 169 Å². The van der Waals surface area contributed by atoms with Gasteiger partial charge in [-0.1, -0.05) is 24.3 Å². The molecule has 1 aromatic heterocycles. The highest BCUT2D eigenvalue weighted by atomic mass is 19.1. The summed E-state index contributed by atoms with van der Waals surface area (Å²) in [7, 11) is 0. The van der Waals surface area contributed by atoms with Crippen LogP contribution in [0, 0.1) is 12.7 Å². The molecule has 1 fully saturated rings. The van der Waals surface area contributed by atoms with Crippen LogP contribution in [-0.4, -0.2) is 35.6 Å². The average Bonchev–Trinajstić information content (AvgIpc) is 3.11. The van der Waals surface area contributed by atoms with Crippen LogP contribution in [0.25, 0.3) is 11.0 Å². The normalized spacial score (nSPS) is 16.1. The first-order chi connectivity index (χ1) is 14.1. The van der Waals surface area contributed by atoms with Gasteiger partial charge in [-0.05, 0) is 55.5 Å². The van der Waals surface area contributed by atoms with Crippen LogP contribution < -0.4 is 5.32 Å². The van der Waals surface area contributed by atoms with Gasteiger partial charge in [-0.2, -0.15) is 0 Å². The molecule has 0 aliphatic carbocycles. The predicted molar refractivity (Wildman–Crippen MR) is 110 cm³/mol. The second kappa shape index (κ2) is 8.33. The molecule has 0 bridgehead atoms. The standard InChI is InChI=1S/C23H26FN3O2/c1-16-26-20-8-6-17(14-21(20)27-16)7-9-22(28)25-15-23(10-12-29-13-11-23)18-4-2-3-5-19(18)24/h2-6,8,14H,7,9-13,15H2,1H3,(H,25,28)(H,26,27). The van der Waals surface area contributed by atoms with Gasteiger partial charge >= 0.3 is 0 Å². The Morgan fingerprint density at radius 2 is 2.03 bits per heavy atom. The van der Waals surface area contributed by atoms with E-state index in [2.05, 4.69) is 15.3 Å². The molecule has 4 rings (SSSR count). The van der Waals surface area contributed by atoms with Crippen LogP contribution in [0.5, 0.6) is 0 Å². The number of hydrogen-bond acceptors (Lipinski definition) is 3. The molecular weight excluding hydrogens is 369 g/mol. The fourth-order valence-electron chi connectivity index (χ4n) is 4.15. The third-order valence-electron chi connectivity index (χ3n) is 5.82. The van der Waals surface area contributed by atoms with Gasteiger partial charge in [-0.3, -0.25) is 4.79 Å². The summed E-state index contributed by atoms with van der Waals surface area (Å²) in [5.41, 5.74) is 3.27. The highest BCUT2D eigenvalue weighted by molar-refractivity contribution is 5.78. The number of benzene rings is 2. The molecule has 6 heteroatoms. The second-order valence-corrected chi connectivity index (χ2v) is 7.82. The van der Waals surface area contributed by atoms with Crippen LogP contribution in [0.2, 0.25) is 0 Å².